The van der Waals surface area contributed by atoms with Gasteiger partial charge in [-0.2, -0.15) is 18.3 Å². The van der Waals surface area contributed by atoms with Crippen LogP contribution in [0.25, 0.3) is 5.65 Å². The van der Waals surface area contributed by atoms with Crippen LogP contribution in [0, 0.1) is 0 Å². The first-order valence-corrected chi connectivity index (χ1v) is 10.7. The molecule has 0 aliphatic rings. The summed E-state index contributed by atoms with van der Waals surface area (Å²) >= 11 is 0. The summed E-state index contributed by atoms with van der Waals surface area (Å²) in [7, 11) is 0. The summed E-state index contributed by atoms with van der Waals surface area (Å²) in [5, 5.41) is 7.77. The fourth-order valence-corrected chi connectivity index (χ4v) is 3.32. The minimum Gasteiger partial charge on any atom is -0.465 e. The summed E-state index contributed by atoms with van der Waals surface area (Å²) in [6, 6.07) is 1.68. The number of halogens is 3. The summed E-state index contributed by atoms with van der Waals surface area (Å²) in [5.74, 6) is -2.78. The van der Waals surface area contributed by atoms with E-state index in [1.54, 1.807) is 23.9 Å². The lowest BCUT2D eigenvalue weighted by Gasteiger charge is -2.19. The van der Waals surface area contributed by atoms with Gasteiger partial charge in [0.15, 0.2) is 5.65 Å². The number of rotatable bonds is 8. The highest BCUT2D eigenvalue weighted by Crippen LogP contribution is 2.32. The average molecular weight is 480 g/mol. The van der Waals surface area contributed by atoms with Gasteiger partial charge in [-0.05, 0) is 32.5 Å². The number of aryl methyl sites for hydroxylation is 1. The van der Waals surface area contributed by atoms with E-state index in [0.29, 0.717) is 30.6 Å². The van der Waals surface area contributed by atoms with Crippen LogP contribution < -0.4 is 5.73 Å². The van der Waals surface area contributed by atoms with E-state index in [4.69, 9.17) is 4.74 Å². The second-order valence-corrected chi connectivity index (χ2v) is 6.99. The monoisotopic (exact) mass is 479 g/mol. The van der Waals surface area contributed by atoms with Gasteiger partial charge in [0.2, 0.25) is 0 Å². The summed E-state index contributed by atoms with van der Waals surface area (Å²) in [6.07, 6.45) is 3.95. The van der Waals surface area contributed by atoms with E-state index in [1.165, 1.54) is 6.20 Å². The van der Waals surface area contributed by atoms with Crippen molar-refractivity contribution in [3.05, 3.63) is 66.3 Å². The minimum atomic E-state index is -4.69. The molecule has 9 nitrogen and oxygen atoms in total. The highest BCUT2D eigenvalue weighted by atomic mass is 19.4. The number of carbonyl (C=O) groups is 1. The predicted molar refractivity (Wildman–Crippen MR) is 120 cm³/mol. The molecule has 0 radical (unpaired) electrons. The smallest absolute Gasteiger partial charge is 0.453 e. The lowest BCUT2D eigenvalue weighted by molar-refractivity contribution is -0.145. The number of nitrogens with zero attached hydrogens (tertiary/aromatic N) is 6. The van der Waals surface area contributed by atoms with E-state index in [2.05, 4.69) is 32.5 Å². The number of hydrogen-bond acceptors (Lipinski definition) is 7. The Bertz CT molecular complexity index is 1140. The quantitative estimate of drug-likeness (QED) is 0.388. The standard InChI is InChI=1S/C20H23F3N6O2.C2H5N/c1-4-7-11-28-14(9-10-25-28)15(18(30)31-6-3)16-13(8-5-2)17-26-19(20(21,22)23)27-29(17)12-24-16;1-2-3/h4,7,9-10,12,15H,5-6,8,11H2,1-3H3;2H,1,3H2/b7-4-;. The molecule has 0 aliphatic heterocycles. The van der Waals surface area contributed by atoms with Crippen molar-refractivity contribution >= 4 is 11.6 Å². The number of ether oxygens (including phenoxy) is 1. The Labute approximate surface area is 195 Å². The van der Waals surface area contributed by atoms with Crippen molar-refractivity contribution < 1.29 is 22.7 Å². The van der Waals surface area contributed by atoms with Crippen molar-refractivity contribution in [1.82, 2.24) is 29.4 Å². The maximum atomic E-state index is 13.2. The molecule has 3 aromatic heterocycles. The molecule has 1 unspecified atom stereocenters. The maximum Gasteiger partial charge on any atom is 0.453 e. The normalized spacial score (nSPS) is 12.4. The fraction of sp³-hybridized carbons (Fsp3) is 0.409. The number of allylic oxidation sites excluding steroid dienone is 2. The third-order valence-corrected chi connectivity index (χ3v) is 4.63. The molecule has 3 aromatic rings. The molecule has 0 amide bonds. The zero-order valence-corrected chi connectivity index (χ0v) is 19.3. The van der Waals surface area contributed by atoms with Crippen LogP contribution >= 0.6 is 0 Å². The van der Waals surface area contributed by atoms with Crippen LogP contribution in [0.5, 0.6) is 0 Å². The first kappa shape index (κ1) is 26.6. The van der Waals surface area contributed by atoms with Gasteiger partial charge in [0.1, 0.15) is 12.2 Å². The third kappa shape index (κ3) is 6.00. The van der Waals surface area contributed by atoms with Crippen LogP contribution in [0.1, 0.15) is 55.9 Å². The first-order valence-electron chi connectivity index (χ1n) is 10.7. The number of alkyl halides is 3. The highest BCUT2D eigenvalue weighted by molar-refractivity contribution is 5.82. The van der Waals surface area contributed by atoms with Gasteiger partial charge in [-0.3, -0.25) is 9.48 Å². The second-order valence-electron chi connectivity index (χ2n) is 6.99. The lowest BCUT2D eigenvalue weighted by Crippen LogP contribution is -2.23. The molecule has 0 aliphatic carbocycles. The van der Waals surface area contributed by atoms with Crippen LogP contribution in [-0.4, -0.2) is 41.9 Å². The van der Waals surface area contributed by atoms with Gasteiger partial charge in [-0.25, -0.2) is 14.5 Å². The van der Waals surface area contributed by atoms with Crippen LogP contribution in [-0.2, 0) is 28.7 Å². The molecule has 3 heterocycles. The molecule has 0 saturated carbocycles. The molecule has 0 fully saturated rings. The number of nitrogens with two attached hydrogens (primary N) is 1. The number of carbonyl (C=O) groups excluding carboxylic acids is 1. The Morgan fingerprint density at radius 3 is 2.65 bits per heavy atom. The SMILES string of the molecule is C/C=C\Cn1nccc1C(C(=O)OCC)c1ncn2nc(C(F)(F)F)nc2c1CCC.C=CN. The molecule has 34 heavy (non-hydrogen) atoms. The molecule has 184 valence electrons. The molecule has 3 rings (SSSR count). The summed E-state index contributed by atoms with van der Waals surface area (Å²) in [4.78, 5) is 21.0. The molecule has 0 saturated heterocycles. The van der Waals surface area contributed by atoms with Crippen LogP contribution in [0.3, 0.4) is 0 Å². The Balaban J connectivity index is 0.00000129. The highest BCUT2D eigenvalue weighted by Gasteiger charge is 2.38. The third-order valence-electron chi connectivity index (χ3n) is 4.63. The van der Waals surface area contributed by atoms with E-state index in [1.807, 2.05) is 26.0 Å². The van der Waals surface area contributed by atoms with E-state index in [9.17, 15) is 18.0 Å². The number of hydrogen-bond donors (Lipinski definition) is 1. The molecule has 0 bridgehead atoms. The van der Waals surface area contributed by atoms with E-state index in [-0.39, 0.29) is 17.9 Å². The van der Waals surface area contributed by atoms with Crippen molar-refractivity contribution in [1.29, 1.82) is 0 Å². The Kier molecular flexibility index (Phi) is 9.34. The fourth-order valence-electron chi connectivity index (χ4n) is 3.32. The first-order chi connectivity index (χ1) is 16.2. The zero-order valence-electron chi connectivity index (χ0n) is 19.3. The molecule has 1 atom stereocenters. The molecular formula is C22H28F3N7O2. The van der Waals surface area contributed by atoms with E-state index < -0.39 is 23.9 Å². The van der Waals surface area contributed by atoms with Crippen LogP contribution in [0.15, 0.2) is 43.5 Å². The van der Waals surface area contributed by atoms with Crippen molar-refractivity contribution in [3.8, 4) is 0 Å². The summed E-state index contributed by atoms with van der Waals surface area (Å²) in [5.41, 5.74) is 5.87. The maximum absolute atomic E-state index is 13.2. The van der Waals surface area contributed by atoms with Gasteiger partial charge >= 0.3 is 12.1 Å². The number of esters is 1. The van der Waals surface area contributed by atoms with E-state index >= 15 is 0 Å². The van der Waals surface area contributed by atoms with Crippen molar-refractivity contribution in [3.63, 3.8) is 0 Å². The van der Waals surface area contributed by atoms with Gasteiger partial charge in [0.05, 0.1) is 24.5 Å². The lowest BCUT2D eigenvalue weighted by atomic mass is 9.95. The van der Waals surface area contributed by atoms with Crippen LogP contribution in [0.2, 0.25) is 0 Å². The summed E-state index contributed by atoms with van der Waals surface area (Å²) < 4.78 is 47.4. The molecule has 2 N–H and O–H groups in total. The molecule has 12 heteroatoms. The topological polar surface area (TPSA) is 113 Å². The Morgan fingerprint density at radius 2 is 2.06 bits per heavy atom. The second kappa shape index (κ2) is 12.0. The van der Waals surface area contributed by atoms with Gasteiger partial charge in [-0.1, -0.05) is 32.1 Å². The van der Waals surface area contributed by atoms with Gasteiger partial charge < -0.3 is 10.5 Å². The van der Waals surface area contributed by atoms with E-state index in [0.717, 1.165) is 10.8 Å². The predicted octanol–water partition coefficient (Wildman–Crippen LogP) is 3.65. The number of aromatic nitrogens is 6. The average Bonchev–Trinajstić information content (AvgIpc) is 3.42. The van der Waals surface area contributed by atoms with Crippen molar-refractivity contribution in [2.45, 2.75) is 52.3 Å². The van der Waals surface area contributed by atoms with Gasteiger partial charge in [-0.15, -0.1) is 5.10 Å². The van der Waals surface area contributed by atoms with Gasteiger partial charge in [0.25, 0.3) is 5.82 Å². The minimum absolute atomic E-state index is 0.0213. The molecule has 0 spiro atoms. The Hall–Kier alpha value is -3.70. The number of fused-ring (bicyclic) bond motifs is 1. The largest absolute Gasteiger partial charge is 0.465 e. The Morgan fingerprint density at radius 1 is 1.35 bits per heavy atom. The van der Waals surface area contributed by atoms with Crippen molar-refractivity contribution in [2.75, 3.05) is 6.61 Å². The molecular weight excluding hydrogens is 451 g/mol. The van der Waals surface area contributed by atoms with Crippen molar-refractivity contribution in [2.24, 2.45) is 5.73 Å². The van der Waals surface area contributed by atoms with Gasteiger partial charge in [0, 0.05) is 11.8 Å². The zero-order chi connectivity index (χ0) is 25.3. The molecule has 0 aromatic carbocycles. The summed E-state index contributed by atoms with van der Waals surface area (Å²) in [6.45, 7) is 9.13. The van der Waals surface area contributed by atoms with Crippen LogP contribution in [0.4, 0.5) is 13.2 Å².